The predicted molar refractivity (Wildman–Crippen MR) is 78.3 cm³/mol. The van der Waals surface area contributed by atoms with Crippen LogP contribution >= 0.6 is 0 Å². The minimum absolute atomic E-state index is 0.237. The van der Waals surface area contributed by atoms with Gasteiger partial charge in [-0.15, -0.1) is 0 Å². The molecule has 0 radical (unpaired) electrons. The molecule has 1 N–H and O–H groups in total. The van der Waals surface area contributed by atoms with Crippen molar-refractivity contribution in [3.8, 4) is 0 Å². The van der Waals surface area contributed by atoms with Gasteiger partial charge in [0.15, 0.2) is 0 Å². The number of nitrogens with one attached hydrogen (secondary N) is 1. The van der Waals surface area contributed by atoms with E-state index in [1.807, 2.05) is 6.92 Å². The Bertz CT molecular complexity index is 632. The van der Waals surface area contributed by atoms with Crippen LogP contribution in [0.5, 0.6) is 0 Å². The fourth-order valence-electron chi connectivity index (χ4n) is 1.76. The number of benzene rings is 1. The lowest BCUT2D eigenvalue weighted by molar-refractivity contribution is 0.0526. The van der Waals surface area contributed by atoms with Gasteiger partial charge in [0.2, 0.25) is 0 Å². The van der Waals surface area contributed by atoms with E-state index in [-0.39, 0.29) is 11.9 Å². The van der Waals surface area contributed by atoms with Crippen molar-refractivity contribution in [2.24, 2.45) is 0 Å². The number of aryl methyl sites for hydroxylation is 1. The summed E-state index contributed by atoms with van der Waals surface area (Å²) >= 11 is 0. The van der Waals surface area contributed by atoms with Crippen molar-refractivity contribution in [3.63, 3.8) is 0 Å². The van der Waals surface area contributed by atoms with Gasteiger partial charge in [-0.25, -0.2) is 4.79 Å². The monoisotopic (exact) mass is 287 g/mol. The summed E-state index contributed by atoms with van der Waals surface area (Å²) in [4.78, 5) is 23.5. The number of ether oxygens (including phenoxy) is 1. The summed E-state index contributed by atoms with van der Waals surface area (Å²) < 4.78 is 6.58. The molecule has 0 fully saturated rings. The zero-order chi connectivity index (χ0) is 15.2. The molecule has 6 nitrogen and oxygen atoms in total. The van der Waals surface area contributed by atoms with E-state index >= 15 is 0 Å². The molecular weight excluding hydrogens is 270 g/mol. The topological polar surface area (TPSA) is 73.2 Å². The smallest absolute Gasteiger partial charge is 0.338 e. The van der Waals surface area contributed by atoms with Gasteiger partial charge in [-0.05, 0) is 38.1 Å². The Kier molecular flexibility index (Phi) is 4.71. The fourth-order valence-corrected chi connectivity index (χ4v) is 1.76. The van der Waals surface area contributed by atoms with Crippen LogP contribution in [-0.2, 0) is 11.3 Å². The average molecular weight is 287 g/mol. The summed E-state index contributed by atoms with van der Waals surface area (Å²) in [5.41, 5.74) is 1.55. The highest BCUT2D eigenvalue weighted by Gasteiger charge is 2.10. The molecule has 1 aromatic carbocycles. The third-order valence-corrected chi connectivity index (χ3v) is 2.87. The van der Waals surface area contributed by atoms with Crippen LogP contribution in [0.1, 0.15) is 34.6 Å². The van der Waals surface area contributed by atoms with Gasteiger partial charge in [0.1, 0.15) is 0 Å². The molecule has 6 heteroatoms. The Labute approximate surface area is 122 Å². The summed E-state index contributed by atoms with van der Waals surface area (Å²) in [7, 11) is 0. The normalized spacial score (nSPS) is 10.2. The number of esters is 1. The number of hydrogen-bond acceptors (Lipinski definition) is 4. The van der Waals surface area contributed by atoms with Crippen LogP contribution in [0.3, 0.4) is 0 Å². The molecule has 21 heavy (non-hydrogen) atoms. The van der Waals surface area contributed by atoms with E-state index in [0.29, 0.717) is 30.0 Å². The van der Waals surface area contributed by atoms with Gasteiger partial charge in [-0.3, -0.25) is 9.48 Å². The van der Waals surface area contributed by atoms with Gasteiger partial charge < -0.3 is 10.1 Å². The van der Waals surface area contributed by atoms with Crippen LogP contribution in [0.2, 0.25) is 0 Å². The van der Waals surface area contributed by atoms with E-state index < -0.39 is 0 Å². The molecule has 0 aliphatic rings. The number of anilines is 1. The van der Waals surface area contributed by atoms with E-state index in [1.54, 1.807) is 42.1 Å². The van der Waals surface area contributed by atoms with E-state index in [1.165, 1.54) is 6.20 Å². The summed E-state index contributed by atoms with van der Waals surface area (Å²) in [6.45, 7) is 4.74. The highest BCUT2D eigenvalue weighted by molar-refractivity contribution is 6.04. The standard InChI is InChI=1S/C15H17N3O3/c1-3-18-10-12(9-16-18)14(19)17-13-7-5-11(6-8-13)15(20)21-4-2/h5-10H,3-4H2,1-2H3,(H,17,19). The molecular formula is C15H17N3O3. The number of amides is 1. The van der Waals surface area contributed by atoms with Crippen LogP contribution in [-0.4, -0.2) is 28.3 Å². The van der Waals surface area contributed by atoms with Crippen molar-refractivity contribution in [3.05, 3.63) is 47.8 Å². The van der Waals surface area contributed by atoms with Crippen molar-refractivity contribution >= 4 is 17.6 Å². The van der Waals surface area contributed by atoms with Gasteiger partial charge in [0, 0.05) is 18.4 Å². The molecule has 0 aliphatic carbocycles. The second kappa shape index (κ2) is 6.69. The number of rotatable bonds is 5. The van der Waals surface area contributed by atoms with E-state index in [2.05, 4.69) is 10.4 Å². The molecule has 0 aliphatic heterocycles. The zero-order valence-electron chi connectivity index (χ0n) is 12.0. The van der Waals surface area contributed by atoms with Crippen LogP contribution < -0.4 is 5.32 Å². The van der Waals surface area contributed by atoms with E-state index in [9.17, 15) is 9.59 Å². The first-order valence-corrected chi connectivity index (χ1v) is 6.75. The van der Waals surface area contributed by atoms with Crippen molar-refractivity contribution in [1.82, 2.24) is 9.78 Å². The van der Waals surface area contributed by atoms with Gasteiger partial charge >= 0.3 is 5.97 Å². The number of carbonyl (C=O) groups is 2. The fraction of sp³-hybridized carbons (Fsp3) is 0.267. The highest BCUT2D eigenvalue weighted by Crippen LogP contribution is 2.12. The van der Waals surface area contributed by atoms with Crippen molar-refractivity contribution in [2.75, 3.05) is 11.9 Å². The number of hydrogen-bond donors (Lipinski definition) is 1. The maximum absolute atomic E-state index is 12.0. The molecule has 2 aromatic rings. The van der Waals surface area contributed by atoms with Crippen LogP contribution in [0.4, 0.5) is 5.69 Å². The van der Waals surface area contributed by atoms with Gasteiger partial charge in [0.25, 0.3) is 5.91 Å². The third-order valence-electron chi connectivity index (χ3n) is 2.87. The lowest BCUT2D eigenvalue weighted by atomic mass is 10.2. The number of carbonyl (C=O) groups excluding carboxylic acids is 2. The quantitative estimate of drug-likeness (QED) is 0.857. The molecule has 2 rings (SSSR count). The van der Waals surface area contributed by atoms with Gasteiger partial charge in [-0.1, -0.05) is 0 Å². The van der Waals surface area contributed by atoms with Crippen LogP contribution in [0.25, 0.3) is 0 Å². The largest absolute Gasteiger partial charge is 0.462 e. The first kappa shape index (κ1) is 14.8. The van der Waals surface area contributed by atoms with Crippen molar-refractivity contribution in [2.45, 2.75) is 20.4 Å². The first-order valence-electron chi connectivity index (χ1n) is 6.75. The first-order chi connectivity index (χ1) is 10.1. The molecule has 0 spiro atoms. The van der Waals surface area contributed by atoms with Gasteiger partial charge in [0.05, 0.1) is 23.9 Å². The second-order valence-corrected chi connectivity index (χ2v) is 4.34. The van der Waals surface area contributed by atoms with Crippen LogP contribution in [0.15, 0.2) is 36.7 Å². The van der Waals surface area contributed by atoms with E-state index in [0.717, 1.165) is 0 Å². The number of aromatic nitrogens is 2. The third kappa shape index (κ3) is 3.68. The second-order valence-electron chi connectivity index (χ2n) is 4.34. The highest BCUT2D eigenvalue weighted by atomic mass is 16.5. The maximum Gasteiger partial charge on any atom is 0.338 e. The molecule has 0 atom stereocenters. The van der Waals surface area contributed by atoms with Crippen molar-refractivity contribution < 1.29 is 14.3 Å². The lowest BCUT2D eigenvalue weighted by Gasteiger charge is -2.05. The van der Waals surface area contributed by atoms with Gasteiger partial charge in [-0.2, -0.15) is 5.10 Å². The molecule has 0 saturated heterocycles. The zero-order valence-corrected chi connectivity index (χ0v) is 12.0. The predicted octanol–water partition coefficient (Wildman–Crippen LogP) is 2.33. The Morgan fingerprint density at radius 3 is 2.48 bits per heavy atom. The van der Waals surface area contributed by atoms with Crippen LogP contribution in [0, 0.1) is 0 Å². The summed E-state index contributed by atoms with van der Waals surface area (Å²) in [6, 6.07) is 6.55. The Hall–Kier alpha value is -2.63. The molecule has 0 unspecified atom stereocenters. The Morgan fingerprint density at radius 1 is 1.19 bits per heavy atom. The molecule has 0 bridgehead atoms. The molecule has 110 valence electrons. The number of nitrogens with zero attached hydrogens (tertiary/aromatic N) is 2. The molecule has 1 amide bonds. The summed E-state index contributed by atoms with van der Waals surface area (Å²) in [5.74, 6) is -0.613. The lowest BCUT2D eigenvalue weighted by Crippen LogP contribution is -2.11. The average Bonchev–Trinajstić information content (AvgIpc) is 2.97. The minimum Gasteiger partial charge on any atom is -0.462 e. The Morgan fingerprint density at radius 2 is 1.90 bits per heavy atom. The molecule has 1 aromatic heterocycles. The molecule has 0 saturated carbocycles. The maximum atomic E-state index is 12.0. The molecule has 1 heterocycles. The Balaban J connectivity index is 2.02. The minimum atomic E-state index is -0.375. The summed E-state index contributed by atoms with van der Waals surface area (Å²) in [5, 5.41) is 6.80. The van der Waals surface area contributed by atoms with Crippen molar-refractivity contribution in [1.29, 1.82) is 0 Å². The SMILES string of the molecule is CCOC(=O)c1ccc(NC(=O)c2cnn(CC)c2)cc1. The van der Waals surface area contributed by atoms with E-state index in [4.69, 9.17) is 4.74 Å². The summed E-state index contributed by atoms with van der Waals surface area (Å²) in [6.07, 6.45) is 3.20.